The minimum absolute atomic E-state index is 0.0587. The highest BCUT2D eigenvalue weighted by atomic mass is 16.4. The van der Waals surface area contributed by atoms with Crippen LogP contribution in [0.3, 0.4) is 0 Å². The maximum Gasteiger partial charge on any atom is 0.311 e. The summed E-state index contributed by atoms with van der Waals surface area (Å²) in [7, 11) is 0. The van der Waals surface area contributed by atoms with Crippen LogP contribution in [0.2, 0.25) is 0 Å². The summed E-state index contributed by atoms with van der Waals surface area (Å²) >= 11 is 0. The van der Waals surface area contributed by atoms with Crippen LogP contribution in [0, 0.1) is 10.8 Å². The molecule has 114 valence electrons. The van der Waals surface area contributed by atoms with Gasteiger partial charge in [-0.15, -0.1) is 0 Å². The molecule has 0 spiro atoms. The monoisotopic (exact) mass is 281 g/mol. The van der Waals surface area contributed by atoms with E-state index >= 15 is 0 Å². The molecular formula is C16H27NO3. The van der Waals surface area contributed by atoms with E-state index in [1.807, 2.05) is 6.92 Å². The van der Waals surface area contributed by atoms with Crippen LogP contribution in [0.5, 0.6) is 0 Å². The Morgan fingerprint density at radius 3 is 1.95 bits per heavy atom. The van der Waals surface area contributed by atoms with Gasteiger partial charge in [-0.05, 0) is 25.7 Å². The number of hydrogen-bond acceptors (Lipinski definition) is 2. The molecular weight excluding hydrogens is 254 g/mol. The summed E-state index contributed by atoms with van der Waals surface area (Å²) in [5.74, 6) is -0.685. The maximum atomic E-state index is 12.4. The van der Waals surface area contributed by atoms with E-state index in [-0.39, 0.29) is 11.3 Å². The van der Waals surface area contributed by atoms with Gasteiger partial charge in [0.25, 0.3) is 0 Å². The Bertz CT molecular complexity index is 366. The zero-order valence-corrected chi connectivity index (χ0v) is 12.5. The predicted octanol–water partition coefficient (Wildman–Crippen LogP) is 3.11. The van der Waals surface area contributed by atoms with Crippen molar-refractivity contribution in [2.75, 3.05) is 6.54 Å². The standard InChI is InChI=1S/C16H27NO3/c1-15(8-4-2-5-9-15)13(18)17-12-16(14(19)20)10-6-3-7-11-16/h2-12H2,1H3,(H,17,18)(H,19,20). The number of carbonyl (C=O) groups is 2. The van der Waals surface area contributed by atoms with Crippen LogP contribution in [0.25, 0.3) is 0 Å². The van der Waals surface area contributed by atoms with Gasteiger partial charge in [0, 0.05) is 12.0 Å². The van der Waals surface area contributed by atoms with E-state index in [1.54, 1.807) is 0 Å². The molecule has 4 heteroatoms. The fraction of sp³-hybridized carbons (Fsp3) is 0.875. The van der Waals surface area contributed by atoms with Crippen LogP contribution in [0.4, 0.5) is 0 Å². The van der Waals surface area contributed by atoms with E-state index in [9.17, 15) is 14.7 Å². The van der Waals surface area contributed by atoms with Crippen molar-refractivity contribution in [2.45, 2.75) is 71.1 Å². The average Bonchev–Trinajstić information content (AvgIpc) is 2.46. The summed E-state index contributed by atoms with van der Waals surface area (Å²) in [6.45, 7) is 2.33. The Hall–Kier alpha value is -1.06. The summed E-state index contributed by atoms with van der Waals surface area (Å²) in [5, 5.41) is 12.5. The first-order chi connectivity index (χ1) is 9.49. The van der Waals surface area contributed by atoms with Gasteiger partial charge in [0.05, 0.1) is 5.41 Å². The molecule has 2 aliphatic carbocycles. The number of carboxylic acids is 1. The fourth-order valence-electron chi connectivity index (χ4n) is 3.72. The molecule has 2 rings (SSSR count). The summed E-state index contributed by atoms with van der Waals surface area (Å²) in [6, 6.07) is 0. The molecule has 2 fully saturated rings. The molecule has 2 N–H and O–H groups in total. The van der Waals surface area contributed by atoms with Crippen molar-refractivity contribution in [1.82, 2.24) is 5.32 Å². The number of hydrogen-bond donors (Lipinski definition) is 2. The number of carbonyl (C=O) groups excluding carboxylic acids is 1. The smallest absolute Gasteiger partial charge is 0.311 e. The van der Waals surface area contributed by atoms with Gasteiger partial charge in [0.2, 0.25) is 5.91 Å². The highest BCUT2D eigenvalue weighted by Gasteiger charge is 2.41. The zero-order chi connectivity index (χ0) is 14.6. The minimum Gasteiger partial charge on any atom is -0.481 e. The van der Waals surface area contributed by atoms with Gasteiger partial charge in [-0.25, -0.2) is 0 Å². The summed E-state index contributed by atoms with van der Waals surface area (Å²) < 4.78 is 0. The lowest BCUT2D eigenvalue weighted by molar-refractivity contribution is -0.151. The van der Waals surface area contributed by atoms with E-state index in [0.717, 1.165) is 44.9 Å². The minimum atomic E-state index is -0.744. The van der Waals surface area contributed by atoms with Gasteiger partial charge in [-0.2, -0.15) is 0 Å². The van der Waals surface area contributed by atoms with Gasteiger partial charge < -0.3 is 10.4 Å². The molecule has 0 aromatic heterocycles. The number of nitrogens with one attached hydrogen (secondary N) is 1. The predicted molar refractivity (Wildman–Crippen MR) is 77.4 cm³/mol. The largest absolute Gasteiger partial charge is 0.481 e. The molecule has 0 aromatic carbocycles. The van der Waals surface area contributed by atoms with Crippen molar-refractivity contribution < 1.29 is 14.7 Å². The lowest BCUT2D eigenvalue weighted by Crippen LogP contribution is -2.48. The summed E-state index contributed by atoms with van der Waals surface area (Å²) in [6.07, 6.45) is 9.69. The van der Waals surface area contributed by atoms with Crippen LogP contribution in [-0.4, -0.2) is 23.5 Å². The van der Waals surface area contributed by atoms with E-state index in [1.165, 1.54) is 6.42 Å². The number of amides is 1. The highest BCUT2D eigenvalue weighted by Crippen LogP contribution is 2.38. The lowest BCUT2D eigenvalue weighted by atomic mass is 9.72. The first kappa shape index (κ1) is 15.3. The van der Waals surface area contributed by atoms with Crippen molar-refractivity contribution in [3.05, 3.63) is 0 Å². The molecule has 0 atom stereocenters. The molecule has 0 saturated heterocycles. The van der Waals surface area contributed by atoms with E-state index in [2.05, 4.69) is 5.32 Å². The molecule has 4 nitrogen and oxygen atoms in total. The second-order valence-corrected chi connectivity index (χ2v) is 6.95. The Balaban J connectivity index is 1.95. The Labute approximate surface area is 121 Å². The average molecular weight is 281 g/mol. The Morgan fingerprint density at radius 1 is 0.950 bits per heavy atom. The van der Waals surface area contributed by atoms with Crippen LogP contribution in [0.1, 0.15) is 71.1 Å². The van der Waals surface area contributed by atoms with Gasteiger partial charge in [0.1, 0.15) is 0 Å². The third-order valence-electron chi connectivity index (χ3n) is 5.36. The van der Waals surface area contributed by atoms with Gasteiger partial charge >= 0.3 is 5.97 Å². The molecule has 2 aliphatic rings. The van der Waals surface area contributed by atoms with Crippen molar-refractivity contribution >= 4 is 11.9 Å². The van der Waals surface area contributed by atoms with Crippen LogP contribution >= 0.6 is 0 Å². The molecule has 1 amide bonds. The topological polar surface area (TPSA) is 66.4 Å². The molecule has 0 aliphatic heterocycles. The summed E-state index contributed by atoms with van der Waals surface area (Å²) in [4.78, 5) is 24.0. The molecule has 2 saturated carbocycles. The quantitative estimate of drug-likeness (QED) is 0.832. The van der Waals surface area contributed by atoms with Gasteiger partial charge in [0.15, 0.2) is 0 Å². The maximum absolute atomic E-state index is 12.4. The third-order valence-corrected chi connectivity index (χ3v) is 5.36. The van der Waals surface area contributed by atoms with E-state index in [0.29, 0.717) is 19.4 Å². The fourth-order valence-corrected chi connectivity index (χ4v) is 3.72. The van der Waals surface area contributed by atoms with Crippen molar-refractivity contribution in [3.8, 4) is 0 Å². The van der Waals surface area contributed by atoms with Crippen LogP contribution in [0.15, 0.2) is 0 Å². The number of aliphatic carboxylic acids is 1. The van der Waals surface area contributed by atoms with E-state index in [4.69, 9.17) is 0 Å². The highest BCUT2D eigenvalue weighted by molar-refractivity contribution is 5.83. The molecule has 20 heavy (non-hydrogen) atoms. The second-order valence-electron chi connectivity index (χ2n) is 6.95. The van der Waals surface area contributed by atoms with Crippen LogP contribution in [-0.2, 0) is 9.59 Å². The number of rotatable bonds is 4. The molecule has 0 bridgehead atoms. The van der Waals surface area contributed by atoms with Crippen molar-refractivity contribution in [2.24, 2.45) is 10.8 Å². The number of carboxylic acid groups (broad SMARTS) is 1. The Morgan fingerprint density at radius 2 is 1.45 bits per heavy atom. The van der Waals surface area contributed by atoms with Gasteiger partial charge in [-0.1, -0.05) is 45.4 Å². The zero-order valence-electron chi connectivity index (χ0n) is 12.5. The SMILES string of the molecule is CC1(C(=O)NCC2(C(=O)O)CCCCC2)CCCCC1. The molecule has 0 heterocycles. The lowest BCUT2D eigenvalue weighted by Gasteiger charge is -2.36. The molecule has 0 unspecified atom stereocenters. The third kappa shape index (κ3) is 3.15. The van der Waals surface area contributed by atoms with Gasteiger partial charge in [-0.3, -0.25) is 9.59 Å². The first-order valence-electron chi connectivity index (χ1n) is 8.00. The van der Waals surface area contributed by atoms with Crippen molar-refractivity contribution in [3.63, 3.8) is 0 Å². The molecule has 0 aromatic rings. The first-order valence-corrected chi connectivity index (χ1v) is 8.00. The molecule has 0 radical (unpaired) electrons. The van der Waals surface area contributed by atoms with Crippen LogP contribution < -0.4 is 5.32 Å². The van der Waals surface area contributed by atoms with E-state index < -0.39 is 11.4 Å². The normalized spacial score (nSPS) is 24.9. The van der Waals surface area contributed by atoms with Crippen molar-refractivity contribution in [1.29, 1.82) is 0 Å². The Kier molecular flexibility index (Phi) is 4.71. The second kappa shape index (κ2) is 6.15. The summed E-state index contributed by atoms with van der Waals surface area (Å²) in [5.41, 5.74) is -1.01.